The topological polar surface area (TPSA) is 83.0 Å². The van der Waals surface area contributed by atoms with Gasteiger partial charge in [-0.3, -0.25) is 9.88 Å². The summed E-state index contributed by atoms with van der Waals surface area (Å²) in [6, 6.07) is 18.5. The van der Waals surface area contributed by atoms with Gasteiger partial charge < -0.3 is 9.84 Å². The lowest BCUT2D eigenvalue weighted by atomic mass is 10.0. The van der Waals surface area contributed by atoms with Crippen molar-refractivity contribution in [2.24, 2.45) is 5.92 Å². The van der Waals surface area contributed by atoms with Crippen LogP contribution in [0, 0.1) is 5.92 Å². The summed E-state index contributed by atoms with van der Waals surface area (Å²) in [7, 11) is -1.83. The normalized spacial score (nSPS) is 20.9. The minimum absolute atomic E-state index is 0.104. The molecule has 2 heterocycles. The first-order chi connectivity index (χ1) is 16.8. The molecule has 0 fully saturated rings. The van der Waals surface area contributed by atoms with E-state index in [0.29, 0.717) is 12.3 Å². The second-order valence-electron chi connectivity index (χ2n) is 9.32. The Morgan fingerprint density at radius 1 is 1.11 bits per heavy atom. The number of aliphatic hydroxyl groups excluding tert-OH is 1. The van der Waals surface area contributed by atoms with E-state index in [4.69, 9.17) is 4.74 Å². The highest BCUT2D eigenvalue weighted by molar-refractivity contribution is 7.89. The summed E-state index contributed by atoms with van der Waals surface area (Å²) in [6.07, 6.45) is 3.30. The lowest BCUT2D eigenvalue weighted by Gasteiger charge is -2.37. The minimum atomic E-state index is -3.86. The number of ether oxygens (including phenoxy) is 1. The maximum atomic E-state index is 13.7. The quantitative estimate of drug-likeness (QED) is 0.539. The maximum absolute atomic E-state index is 13.7. The fraction of sp³-hybridized carbons (Fsp3) is 0.370. The van der Waals surface area contributed by atoms with Crippen molar-refractivity contribution in [2.45, 2.75) is 37.4 Å². The van der Waals surface area contributed by atoms with Crippen LogP contribution in [0.5, 0.6) is 5.75 Å². The molecule has 0 saturated carbocycles. The Kier molecular flexibility index (Phi) is 7.86. The molecule has 0 amide bonds. The Morgan fingerprint density at radius 3 is 2.51 bits per heavy atom. The standard InChI is InChI=1S/C27H33N3O4S/c1-20-16-30(21(2)19-31)35(32,33)27-10-9-24(23-7-5-4-6-8-23)15-25(27)34-26(20)18-29(3)17-22-11-13-28-14-12-22/h4-15,20-21,26,31H,16-19H2,1-3H3/t20-,21+,26+/m1/s1. The van der Waals surface area contributed by atoms with Gasteiger partial charge in [0.2, 0.25) is 10.0 Å². The number of nitrogens with zero attached hydrogens (tertiary/aromatic N) is 3. The van der Waals surface area contributed by atoms with Crippen LogP contribution in [0.4, 0.5) is 0 Å². The van der Waals surface area contributed by atoms with Crippen molar-refractivity contribution in [3.8, 4) is 16.9 Å². The maximum Gasteiger partial charge on any atom is 0.247 e. The highest BCUT2D eigenvalue weighted by atomic mass is 32.2. The third-order valence-corrected chi connectivity index (χ3v) is 8.49. The van der Waals surface area contributed by atoms with Gasteiger partial charge in [-0.2, -0.15) is 4.31 Å². The number of benzene rings is 2. The molecule has 2 aromatic carbocycles. The number of aromatic nitrogens is 1. The van der Waals surface area contributed by atoms with Crippen molar-refractivity contribution >= 4 is 10.0 Å². The largest absolute Gasteiger partial charge is 0.487 e. The van der Waals surface area contributed by atoms with Crippen LogP contribution in [-0.4, -0.2) is 66.6 Å². The molecule has 1 aliphatic rings. The molecule has 3 aromatic rings. The molecule has 1 N–H and O–H groups in total. The third-order valence-electron chi connectivity index (χ3n) is 6.47. The number of sulfonamides is 1. The first-order valence-corrected chi connectivity index (χ1v) is 13.3. The molecule has 3 atom stereocenters. The van der Waals surface area contributed by atoms with Gasteiger partial charge >= 0.3 is 0 Å². The van der Waals surface area contributed by atoms with Gasteiger partial charge in [-0.05, 0) is 54.9 Å². The van der Waals surface area contributed by atoms with E-state index < -0.39 is 16.1 Å². The van der Waals surface area contributed by atoms with E-state index >= 15 is 0 Å². The van der Waals surface area contributed by atoms with Gasteiger partial charge in [0.1, 0.15) is 16.7 Å². The van der Waals surface area contributed by atoms with Crippen molar-refractivity contribution in [3.63, 3.8) is 0 Å². The second-order valence-corrected chi connectivity index (χ2v) is 11.2. The first kappa shape index (κ1) is 25.3. The van der Waals surface area contributed by atoms with Crippen LogP contribution in [0.1, 0.15) is 19.4 Å². The van der Waals surface area contributed by atoms with Crippen LogP contribution < -0.4 is 4.74 Å². The van der Waals surface area contributed by atoms with Gasteiger partial charge in [0.25, 0.3) is 0 Å². The zero-order chi connectivity index (χ0) is 25.0. The summed E-state index contributed by atoms with van der Waals surface area (Å²) < 4.78 is 35.2. The van der Waals surface area contributed by atoms with E-state index in [-0.39, 0.29) is 30.1 Å². The fourth-order valence-electron chi connectivity index (χ4n) is 4.43. The smallest absolute Gasteiger partial charge is 0.247 e. The van der Waals surface area contributed by atoms with Crippen LogP contribution in [0.15, 0.2) is 78.0 Å². The molecule has 1 aliphatic heterocycles. The molecule has 0 radical (unpaired) electrons. The van der Waals surface area contributed by atoms with Crippen LogP contribution in [0.2, 0.25) is 0 Å². The molecule has 1 aromatic heterocycles. The monoisotopic (exact) mass is 495 g/mol. The minimum Gasteiger partial charge on any atom is -0.487 e. The van der Waals surface area contributed by atoms with E-state index in [0.717, 1.165) is 23.2 Å². The number of hydrogen-bond donors (Lipinski definition) is 1. The molecule has 186 valence electrons. The summed E-state index contributed by atoms with van der Waals surface area (Å²) in [4.78, 5) is 6.39. The van der Waals surface area contributed by atoms with Crippen molar-refractivity contribution in [3.05, 3.63) is 78.6 Å². The van der Waals surface area contributed by atoms with E-state index in [1.807, 2.05) is 68.6 Å². The molecule has 0 spiro atoms. The van der Waals surface area contributed by atoms with Crippen molar-refractivity contribution in [1.82, 2.24) is 14.2 Å². The Balaban J connectivity index is 1.72. The summed E-state index contributed by atoms with van der Waals surface area (Å²) in [5.41, 5.74) is 3.02. The highest BCUT2D eigenvalue weighted by Crippen LogP contribution is 2.36. The molecule has 0 bridgehead atoms. The molecule has 0 aliphatic carbocycles. The predicted molar refractivity (Wildman–Crippen MR) is 136 cm³/mol. The summed E-state index contributed by atoms with van der Waals surface area (Å²) in [6.45, 7) is 5.08. The van der Waals surface area contributed by atoms with E-state index in [1.165, 1.54) is 4.31 Å². The van der Waals surface area contributed by atoms with Crippen LogP contribution in [0.3, 0.4) is 0 Å². The third kappa shape index (κ3) is 5.73. The summed E-state index contributed by atoms with van der Waals surface area (Å²) in [5.74, 6) is 0.238. The van der Waals surface area contributed by atoms with Gasteiger partial charge in [-0.25, -0.2) is 8.42 Å². The molecule has 8 heteroatoms. The molecule has 0 unspecified atom stereocenters. The summed E-state index contributed by atoms with van der Waals surface area (Å²) >= 11 is 0. The number of aliphatic hydroxyl groups is 1. The molecule has 35 heavy (non-hydrogen) atoms. The SMILES string of the molecule is C[C@@H]1CN([C@@H](C)CO)S(=O)(=O)c2ccc(-c3ccccc3)cc2O[C@H]1CN(C)Cc1ccncc1. The average Bonchev–Trinajstić information content (AvgIpc) is 2.86. The number of pyridine rings is 1. The average molecular weight is 496 g/mol. The lowest BCUT2D eigenvalue weighted by molar-refractivity contribution is 0.0734. The van der Waals surface area contributed by atoms with Gasteiger partial charge in [0, 0.05) is 44.0 Å². The number of fused-ring (bicyclic) bond motifs is 1. The van der Waals surface area contributed by atoms with Crippen molar-refractivity contribution in [1.29, 1.82) is 0 Å². The number of rotatable bonds is 7. The van der Waals surface area contributed by atoms with E-state index in [9.17, 15) is 13.5 Å². The highest BCUT2D eigenvalue weighted by Gasteiger charge is 2.38. The molecular weight excluding hydrogens is 462 g/mol. The molecule has 0 saturated heterocycles. The van der Waals surface area contributed by atoms with Gasteiger partial charge in [0.05, 0.1) is 6.61 Å². The first-order valence-electron chi connectivity index (χ1n) is 11.9. The Labute approximate surface area is 208 Å². The predicted octanol–water partition coefficient (Wildman–Crippen LogP) is 3.65. The van der Waals surface area contributed by atoms with Crippen LogP contribution in [-0.2, 0) is 16.6 Å². The van der Waals surface area contributed by atoms with Crippen molar-refractivity contribution in [2.75, 3.05) is 26.7 Å². The van der Waals surface area contributed by atoms with Gasteiger partial charge in [-0.1, -0.05) is 43.3 Å². The van der Waals surface area contributed by atoms with E-state index in [1.54, 1.807) is 25.4 Å². The Hall–Kier alpha value is -2.78. The van der Waals surface area contributed by atoms with Crippen molar-refractivity contribution < 1.29 is 18.3 Å². The number of hydrogen-bond acceptors (Lipinski definition) is 6. The van der Waals surface area contributed by atoms with E-state index in [2.05, 4.69) is 9.88 Å². The Morgan fingerprint density at radius 2 is 1.83 bits per heavy atom. The molecular formula is C27H33N3O4S. The second kappa shape index (κ2) is 10.9. The van der Waals surface area contributed by atoms with Crippen LogP contribution >= 0.6 is 0 Å². The molecule has 4 rings (SSSR count). The molecule has 7 nitrogen and oxygen atoms in total. The fourth-order valence-corrected chi connectivity index (χ4v) is 6.25. The van der Waals surface area contributed by atoms with Gasteiger partial charge in [-0.15, -0.1) is 0 Å². The number of likely N-dealkylation sites (N-methyl/N-ethyl adjacent to an activating group) is 1. The van der Waals surface area contributed by atoms with Crippen LogP contribution in [0.25, 0.3) is 11.1 Å². The summed E-state index contributed by atoms with van der Waals surface area (Å²) in [5, 5.41) is 9.83. The zero-order valence-electron chi connectivity index (χ0n) is 20.4. The Bertz CT molecular complexity index is 1220. The zero-order valence-corrected chi connectivity index (χ0v) is 21.2. The van der Waals surface area contributed by atoms with Gasteiger partial charge in [0.15, 0.2) is 0 Å². The lowest BCUT2D eigenvalue weighted by Crippen LogP contribution is -2.49.